The van der Waals surface area contributed by atoms with Gasteiger partial charge in [0.1, 0.15) is 0 Å². The fourth-order valence-electron chi connectivity index (χ4n) is 6.28. The Morgan fingerprint density at radius 2 is 1.83 bits per heavy atom. The first-order valence-corrected chi connectivity index (χ1v) is 11.3. The van der Waals surface area contributed by atoms with Crippen LogP contribution in [0.5, 0.6) is 0 Å². The summed E-state index contributed by atoms with van der Waals surface area (Å²) in [6.45, 7) is 6.25. The van der Waals surface area contributed by atoms with Crippen LogP contribution in [0.3, 0.4) is 0 Å². The Balaban J connectivity index is 1.23. The molecule has 3 aliphatic heterocycles. The number of piperidine rings is 1. The standard InChI is InChI=1S/C21H34F3N3O2/c1-2-29-20(28)26-11-7-21(14-26)12-16(13-21)25-9-5-15(6-10-25)17-4-3-8-27(17)19(24)18(22)23/h15-19H,2-14H2,1H3/t16?,17-,19?,21?/m0/s1. The second kappa shape index (κ2) is 8.61. The number of alkyl halides is 3. The molecule has 4 fully saturated rings. The van der Waals surface area contributed by atoms with E-state index in [9.17, 15) is 18.0 Å². The minimum absolute atomic E-state index is 0.0261. The van der Waals surface area contributed by atoms with Gasteiger partial charge in [-0.05, 0) is 76.3 Å². The van der Waals surface area contributed by atoms with E-state index in [1.54, 1.807) is 0 Å². The smallest absolute Gasteiger partial charge is 0.409 e. The molecule has 0 aromatic rings. The maximum absolute atomic E-state index is 13.9. The number of carbonyl (C=O) groups is 1. The first kappa shape index (κ1) is 21.2. The lowest BCUT2D eigenvalue weighted by Gasteiger charge is -2.52. The van der Waals surface area contributed by atoms with Crippen LogP contribution in [0.2, 0.25) is 0 Å². The third-order valence-corrected chi connectivity index (χ3v) is 7.80. The third kappa shape index (κ3) is 4.24. The van der Waals surface area contributed by atoms with E-state index in [2.05, 4.69) is 4.90 Å². The second-order valence-electron chi connectivity index (χ2n) is 9.46. The molecule has 0 aromatic heterocycles. The Bertz CT molecular complexity index is 580. The summed E-state index contributed by atoms with van der Waals surface area (Å²) in [5.41, 5.74) is 0.259. The van der Waals surface area contributed by atoms with Crippen molar-refractivity contribution in [2.24, 2.45) is 11.3 Å². The van der Waals surface area contributed by atoms with E-state index in [0.717, 1.165) is 71.1 Å². The van der Waals surface area contributed by atoms with Crippen molar-refractivity contribution in [1.82, 2.24) is 14.7 Å². The zero-order chi connectivity index (χ0) is 20.6. The van der Waals surface area contributed by atoms with Crippen LogP contribution in [0.15, 0.2) is 0 Å². The molecule has 1 unspecified atom stereocenters. The Kier molecular flexibility index (Phi) is 6.30. The summed E-state index contributed by atoms with van der Waals surface area (Å²) in [7, 11) is 0. The van der Waals surface area contributed by atoms with Crippen molar-refractivity contribution in [3.8, 4) is 0 Å². The lowest BCUT2D eigenvalue weighted by Crippen LogP contribution is -2.55. The maximum Gasteiger partial charge on any atom is 0.409 e. The highest BCUT2D eigenvalue weighted by atomic mass is 19.3. The summed E-state index contributed by atoms with van der Waals surface area (Å²) in [5.74, 6) is 0.325. The predicted octanol–water partition coefficient (Wildman–Crippen LogP) is 3.73. The molecule has 0 N–H and O–H groups in total. The van der Waals surface area contributed by atoms with Crippen molar-refractivity contribution in [1.29, 1.82) is 0 Å². The highest BCUT2D eigenvalue weighted by molar-refractivity contribution is 5.68. The van der Waals surface area contributed by atoms with Crippen LogP contribution >= 0.6 is 0 Å². The van der Waals surface area contributed by atoms with Gasteiger partial charge in [-0.15, -0.1) is 0 Å². The van der Waals surface area contributed by atoms with Gasteiger partial charge in [0.25, 0.3) is 6.43 Å². The number of amides is 1. The minimum Gasteiger partial charge on any atom is -0.450 e. The molecule has 166 valence electrons. The first-order chi connectivity index (χ1) is 13.9. The molecule has 1 saturated carbocycles. The van der Waals surface area contributed by atoms with Crippen molar-refractivity contribution >= 4 is 6.09 Å². The van der Waals surface area contributed by atoms with E-state index in [-0.39, 0.29) is 17.6 Å². The van der Waals surface area contributed by atoms with Crippen LogP contribution in [0.1, 0.15) is 51.9 Å². The maximum atomic E-state index is 13.9. The fourth-order valence-corrected chi connectivity index (χ4v) is 6.28. The molecule has 1 amide bonds. The van der Waals surface area contributed by atoms with Crippen LogP contribution in [0.25, 0.3) is 0 Å². The number of rotatable bonds is 5. The molecular weight excluding hydrogens is 383 g/mol. The van der Waals surface area contributed by atoms with E-state index in [4.69, 9.17) is 4.74 Å². The molecule has 0 aromatic carbocycles. The van der Waals surface area contributed by atoms with Crippen molar-refractivity contribution < 1.29 is 22.7 Å². The first-order valence-electron chi connectivity index (χ1n) is 11.3. The molecule has 4 rings (SSSR count). The molecule has 8 heteroatoms. The normalized spacial score (nSPS) is 35.4. The van der Waals surface area contributed by atoms with E-state index < -0.39 is 12.7 Å². The molecule has 0 radical (unpaired) electrons. The number of hydrogen-bond donors (Lipinski definition) is 0. The summed E-state index contributed by atoms with van der Waals surface area (Å²) >= 11 is 0. The summed E-state index contributed by atoms with van der Waals surface area (Å²) in [6.07, 6.45) is 1.69. The topological polar surface area (TPSA) is 36.0 Å². The SMILES string of the molecule is CCOC(=O)N1CCC2(CC(N3CCC([C@@H]4CCCN4C(F)C(F)F)CC3)C2)C1. The number of carbonyl (C=O) groups excluding carboxylic acids is 1. The van der Waals surface area contributed by atoms with E-state index in [1.807, 2.05) is 11.8 Å². The Morgan fingerprint density at radius 1 is 1.10 bits per heavy atom. The minimum atomic E-state index is -2.91. The predicted molar refractivity (Wildman–Crippen MR) is 104 cm³/mol. The molecule has 1 aliphatic carbocycles. The number of ether oxygens (including phenoxy) is 1. The summed E-state index contributed by atoms with van der Waals surface area (Å²) in [6, 6.07) is 0.537. The number of likely N-dealkylation sites (tertiary alicyclic amines) is 3. The number of hydrogen-bond acceptors (Lipinski definition) is 4. The van der Waals surface area contributed by atoms with Crippen molar-refractivity contribution in [3.05, 3.63) is 0 Å². The van der Waals surface area contributed by atoms with Gasteiger partial charge in [0.2, 0.25) is 6.30 Å². The van der Waals surface area contributed by atoms with Gasteiger partial charge < -0.3 is 14.5 Å². The number of halogens is 3. The average Bonchev–Trinajstić information content (AvgIpc) is 3.34. The second-order valence-corrected chi connectivity index (χ2v) is 9.46. The van der Waals surface area contributed by atoms with Crippen LogP contribution in [-0.2, 0) is 4.74 Å². The Morgan fingerprint density at radius 3 is 2.48 bits per heavy atom. The molecular formula is C21H34F3N3O2. The van der Waals surface area contributed by atoms with Gasteiger partial charge in [-0.1, -0.05) is 0 Å². The zero-order valence-electron chi connectivity index (χ0n) is 17.4. The van der Waals surface area contributed by atoms with Crippen LogP contribution in [0.4, 0.5) is 18.0 Å². The van der Waals surface area contributed by atoms with Gasteiger partial charge in [0, 0.05) is 31.7 Å². The zero-order valence-corrected chi connectivity index (χ0v) is 17.4. The molecule has 3 heterocycles. The Hall–Kier alpha value is -1.02. The van der Waals surface area contributed by atoms with Crippen molar-refractivity contribution in [3.63, 3.8) is 0 Å². The molecule has 2 atom stereocenters. The molecule has 29 heavy (non-hydrogen) atoms. The largest absolute Gasteiger partial charge is 0.450 e. The van der Waals surface area contributed by atoms with Crippen LogP contribution < -0.4 is 0 Å². The summed E-state index contributed by atoms with van der Waals surface area (Å²) in [4.78, 5) is 17.8. The third-order valence-electron chi connectivity index (χ3n) is 7.80. The molecule has 1 spiro atoms. The summed E-state index contributed by atoms with van der Waals surface area (Å²) < 4.78 is 44.8. The van der Waals surface area contributed by atoms with Crippen LogP contribution in [0, 0.1) is 11.3 Å². The van der Waals surface area contributed by atoms with E-state index >= 15 is 0 Å². The fraction of sp³-hybridized carbons (Fsp3) is 0.952. The van der Waals surface area contributed by atoms with Gasteiger partial charge in [0.05, 0.1) is 6.61 Å². The van der Waals surface area contributed by atoms with Gasteiger partial charge in [-0.2, -0.15) is 0 Å². The van der Waals surface area contributed by atoms with Gasteiger partial charge >= 0.3 is 6.09 Å². The quantitative estimate of drug-likeness (QED) is 0.639. The van der Waals surface area contributed by atoms with E-state index in [1.165, 1.54) is 4.90 Å². The van der Waals surface area contributed by atoms with Gasteiger partial charge in [-0.3, -0.25) is 4.90 Å². The van der Waals surface area contributed by atoms with Crippen molar-refractivity contribution in [2.75, 3.05) is 39.3 Å². The van der Waals surface area contributed by atoms with Crippen molar-refractivity contribution in [2.45, 2.75) is 76.7 Å². The molecule has 5 nitrogen and oxygen atoms in total. The molecule has 4 aliphatic rings. The molecule has 0 bridgehead atoms. The van der Waals surface area contributed by atoms with E-state index in [0.29, 0.717) is 25.1 Å². The highest BCUT2D eigenvalue weighted by Gasteiger charge is 2.52. The monoisotopic (exact) mass is 417 g/mol. The number of nitrogens with zero attached hydrogens (tertiary/aromatic N) is 3. The average molecular weight is 418 g/mol. The van der Waals surface area contributed by atoms with Gasteiger partial charge in [0.15, 0.2) is 0 Å². The lowest BCUT2D eigenvalue weighted by atomic mass is 9.64. The molecule has 3 saturated heterocycles. The Labute approximate surface area is 171 Å². The highest BCUT2D eigenvalue weighted by Crippen LogP contribution is 2.51. The summed E-state index contributed by atoms with van der Waals surface area (Å²) in [5, 5.41) is 0. The van der Waals surface area contributed by atoms with Crippen LogP contribution in [-0.4, -0.2) is 84.9 Å². The van der Waals surface area contributed by atoms with Gasteiger partial charge in [-0.25, -0.2) is 18.0 Å². The lowest BCUT2D eigenvalue weighted by molar-refractivity contribution is -0.0720.